The van der Waals surface area contributed by atoms with E-state index in [2.05, 4.69) is 16.1 Å². The van der Waals surface area contributed by atoms with E-state index < -0.39 is 11.7 Å². The lowest BCUT2D eigenvalue weighted by atomic mass is 10.2. The van der Waals surface area contributed by atoms with Crippen molar-refractivity contribution in [1.29, 1.82) is 0 Å². The van der Waals surface area contributed by atoms with Gasteiger partial charge >= 0.3 is 6.18 Å². The number of alkyl halides is 3. The Morgan fingerprint density at radius 1 is 1.19 bits per heavy atom. The van der Waals surface area contributed by atoms with Crippen LogP contribution in [0, 0.1) is 0 Å². The number of carbonyl (C=O) groups excluding carboxylic acids is 1. The molecule has 0 radical (unpaired) electrons. The highest BCUT2D eigenvalue weighted by molar-refractivity contribution is 7.97. The molecule has 0 saturated carbocycles. The summed E-state index contributed by atoms with van der Waals surface area (Å²) in [5, 5.41) is 2.98. The van der Waals surface area contributed by atoms with Crippen LogP contribution in [0.1, 0.15) is 18.1 Å². The predicted octanol–water partition coefficient (Wildman–Crippen LogP) is 4.32. The van der Waals surface area contributed by atoms with Crippen molar-refractivity contribution in [2.75, 3.05) is 29.9 Å². The van der Waals surface area contributed by atoms with E-state index in [0.717, 1.165) is 34.7 Å². The molecular weight excluding hydrogens is 375 g/mol. The molecule has 0 unspecified atom stereocenters. The molecule has 1 amide bonds. The minimum absolute atomic E-state index is 0.0490. The Kier molecular flexibility index (Phi) is 5.96. The standard InChI is InChI=1S/C19H20F3N3OS/c1-13(26)25-10-7-14-11-17(5-6-18(14)25)27-24-9-8-23-16-4-2-3-15(12-16)19(20,21)22/h2-6,11-12,23-24H,7-10H2,1H3. The van der Waals surface area contributed by atoms with Gasteiger partial charge in [-0.2, -0.15) is 13.2 Å². The van der Waals surface area contributed by atoms with E-state index in [0.29, 0.717) is 25.3 Å². The first-order valence-corrected chi connectivity index (χ1v) is 9.38. The summed E-state index contributed by atoms with van der Waals surface area (Å²) in [6, 6.07) is 11.1. The zero-order valence-corrected chi connectivity index (χ0v) is 15.6. The Hall–Kier alpha value is -2.19. The molecule has 0 bridgehead atoms. The van der Waals surface area contributed by atoms with Gasteiger partial charge in [-0.25, -0.2) is 0 Å². The van der Waals surface area contributed by atoms with Crippen LogP contribution in [-0.2, 0) is 17.4 Å². The smallest absolute Gasteiger partial charge is 0.384 e. The van der Waals surface area contributed by atoms with Gasteiger partial charge in [0, 0.05) is 42.8 Å². The third-order valence-electron chi connectivity index (χ3n) is 4.26. The molecule has 144 valence electrons. The van der Waals surface area contributed by atoms with E-state index >= 15 is 0 Å². The second-order valence-corrected chi connectivity index (χ2v) is 7.18. The molecule has 0 atom stereocenters. The molecule has 3 rings (SSSR count). The van der Waals surface area contributed by atoms with Crippen LogP contribution in [-0.4, -0.2) is 25.5 Å². The lowest BCUT2D eigenvalue weighted by Crippen LogP contribution is -2.25. The Morgan fingerprint density at radius 2 is 2.00 bits per heavy atom. The number of nitrogens with one attached hydrogen (secondary N) is 2. The summed E-state index contributed by atoms with van der Waals surface area (Å²) in [6.07, 6.45) is -3.49. The van der Waals surface area contributed by atoms with Gasteiger partial charge in [-0.15, -0.1) is 0 Å². The minimum atomic E-state index is -4.34. The third kappa shape index (κ3) is 4.95. The van der Waals surface area contributed by atoms with Gasteiger partial charge < -0.3 is 10.2 Å². The van der Waals surface area contributed by atoms with Crippen molar-refractivity contribution >= 4 is 29.2 Å². The maximum absolute atomic E-state index is 12.7. The van der Waals surface area contributed by atoms with Gasteiger partial charge in [-0.1, -0.05) is 6.07 Å². The zero-order valence-electron chi connectivity index (χ0n) is 14.8. The van der Waals surface area contributed by atoms with E-state index in [-0.39, 0.29) is 5.91 Å². The van der Waals surface area contributed by atoms with Gasteiger partial charge in [0.25, 0.3) is 0 Å². The summed E-state index contributed by atoms with van der Waals surface area (Å²) in [5.74, 6) is 0.0490. The number of carbonyl (C=O) groups is 1. The second kappa shape index (κ2) is 8.22. The van der Waals surface area contributed by atoms with Crippen molar-refractivity contribution in [3.05, 3.63) is 53.6 Å². The SMILES string of the molecule is CC(=O)N1CCc2cc(SNCCNc3cccc(C(F)(F)F)c3)ccc21. The molecule has 1 heterocycles. The number of fused-ring (bicyclic) bond motifs is 1. The van der Waals surface area contributed by atoms with E-state index in [1.807, 2.05) is 12.1 Å². The number of hydrogen-bond donors (Lipinski definition) is 2. The Labute approximate surface area is 160 Å². The topological polar surface area (TPSA) is 44.4 Å². The number of halogens is 3. The first-order chi connectivity index (χ1) is 12.8. The van der Waals surface area contributed by atoms with Crippen molar-refractivity contribution in [2.45, 2.75) is 24.4 Å². The third-order valence-corrected chi connectivity index (χ3v) is 5.10. The summed E-state index contributed by atoms with van der Waals surface area (Å²) in [7, 11) is 0. The predicted molar refractivity (Wildman–Crippen MR) is 102 cm³/mol. The molecule has 1 aliphatic heterocycles. The summed E-state index contributed by atoms with van der Waals surface area (Å²) < 4.78 is 41.3. The average molecular weight is 395 g/mol. The van der Waals surface area contributed by atoms with Crippen molar-refractivity contribution in [1.82, 2.24) is 4.72 Å². The molecule has 0 aliphatic carbocycles. The van der Waals surface area contributed by atoms with Crippen molar-refractivity contribution in [2.24, 2.45) is 0 Å². The Bertz CT molecular complexity index is 826. The van der Waals surface area contributed by atoms with E-state index in [1.165, 1.54) is 18.0 Å². The molecule has 0 spiro atoms. The van der Waals surface area contributed by atoms with Gasteiger partial charge in [0.15, 0.2) is 0 Å². The number of anilines is 2. The summed E-state index contributed by atoms with van der Waals surface area (Å²) in [6.45, 7) is 3.36. The van der Waals surface area contributed by atoms with Gasteiger partial charge in [0.2, 0.25) is 5.91 Å². The van der Waals surface area contributed by atoms with E-state index in [1.54, 1.807) is 17.9 Å². The van der Waals surface area contributed by atoms with Gasteiger partial charge in [-0.05, 0) is 60.3 Å². The molecule has 27 heavy (non-hydrogen) atoms. The molecule has 2 N–H and O–H groups in total. The number of benzene rings is 2. The fourth-order valence-electron chi connectivity index (χ4n) is 2.97. The van der Waals surface area contributed by atoms with Crippen LogP contribution >= 0.6 is 11.9 Å². The number of amides is 1. The lowest BCUT2D eigenvalue weighted by Gasteiger charge is -2.15. The van der Waals surface area contributed by atoms with Gasteiger partial charge in [0.1, 0.15) is 0 Å². The highest BCUT2D eigenvalue weighted by atomic mass is 32.2. The summed E-state index contributed by atoms with van der Waals surface area (Å²) >= 11 is 1.47. The van der Waals surface area contributed by atoms with Crippen molar-refractivity contribution in [3.63, 3.8) is 0 Å². The Morgan fingerprint density at radius 3 is 2.74 bits per heavy atom. The van der Waals surface area contributed by atoms with Crippen molar-refractivity contribution in [3.8, 4) is 0 Å². The van der Waals surface area contributed by atoms with Crippen LogP contribution in [0.15, 0.2) is 47.4 Å². The van der Waals surface area contributed by atoms with Crippen LogP contribution in [0.4, 0.5) is 24.5 Å². The minimum Gasteiger partial charge on any atom is -0.384 e. The monoisotopic (exact) mass is 395 g/mol. The van der Waals surface area contributed by atoms with Gasteiger partial charge in [0.05, 0.1) is 5.56 Å². The number of nitrogens with zero attached hydrogens (tertiary/aromatic N) is 1. The quantitative estimate of drug-likeness (QED) is 0.565. The normalized spacial score (nSPS) is 13.6. The average Bonchev–Trinajstić information content (AvgIpc) is 3.04. The molecule has 0 saturated heterocycles. The molecular formula is C19H20F3N3OS. The molecule has 2 aromatic carbocycles. The van der Waals surface area contributed by atoms with E-state index in [9.17, 15) is 18.0 Å². The van der Waals surface area contributed by atoms with Gasteiger partial charge in [-0.3, -0.25) is 9.52 Å². The van der Waals surface area contributed by atoms with Crippen LogP contribution in [0.5, 0.6) is 0 Å². The molecule has 0 aromatic heterocycles. The summed E-state index contributed by atoms with van der Waals surface area (Å²) in [5.41, 5.74) is 1.91. The second-order valence-electron chi connectivity index (χ2n) is 6.21. The lowest BCUT2D eigenvalue weighted by molar-refractivity contribution is -0.137. The first-order valence-electron chi connectivity index (χ1n) is 8.56. The molecule has 2 aromatic rings. The number of hydrogen-bond acceptors (Lipinski definition) is 4. The maximum atomic E-state index is 12.7. The molecule has 4 nitrogen and oxygen atoms in total. The zero-order chi connectivity index (χ0) is 19.4. The highest BCUT2D eigenvalue weighted by Gasteiger charge is 2.30. The van der Waals surface area contributed by atoms with E-state index in [4.69, 9.17) is 0 Å². The largest absolute Gasteiger partial charge is 0.416 e. The fraction of sp³-hybridized carbons (Fsp3) is 0.316. The highest BCUT2D eigenvalue weighted by Crippen LogP contribution is 2.32. The molecule has 1 aliphatic rings. The van der Waals surface area contributed by atoms with Crippen LogP contribution < -0.4 is 14.9 Å². The van der Waals surface area contributed by atoms with Crippen LogP contribution in [0.3, 0.4) is 0 Å². The molecule has 0 fully saturated rings. The Balaban J connectivity index is 1.46. The van der Waals surface area contributed by atoms with Crippen LogP contribution in [0.25, 0.3) is 0 Å². The number of rotatable bonds is 6. The molecule has 8 heteroatoms. The van der Waals surface area contributed by atoms with Crippen molar-refractivity contribution < 1.29 is 18.0 Å². The van der Waals surface area contributed by atoms with Crippen LogP contribution in [0.2, 0.25) is 0 Å². The summed E-state index contributed by atoms with van der Waals surface area (Å²) in [4.78, 5) is 14.4. The first kappa shape index (κ1) is 19.6. The maximum Gasteiger partial charge on any atom is 0.416 e. The fourth-order valence-corrected chi connectivity index (χ4v) is 3.67.